The number of aryl methyl sites for hydroxylation is 1. The molecule has 1 fully saturated rings. The van der Waals surface area contributed by atoms with Crippen LogP contribution in [0.3, 0.4) is 0 Å². The summed E-state index contributed by atoms with van der Waals surface area (Å²) in [6.07, 6.45) is 1.67. The Morgan fingerprint density at radius 3 is 2.87 bits per heavy atom. The molecule has 23 heavy (non-hydrogen) atoms. The van der Waals surface area contributed by atoms with Crippen molar-refractivity contribution in [1.29, 1.82) is 0 Å². The predicted molar refractivity (Wildman–Crippen MR) is 85.1 cm³/mol. The monoisotopic (exact) mass is 317 g/mol. The maximum atomic E-state index is 11.1. The fourth-order valence-corrected chi connectivity index (χ4v) is 2.72. The molecule has 2 aromatic rings. The topological polar surface area (TPSA) is 113 Å². The average Bonchev–Trinajstić information content (AvgIpc) is 3.14. The van der Waals surface area contributed by atoms with E-state index in [1.165, 1.54) is 4.90 Å². The van der Waals surface area contributed by atoms with Gasteiger partial charge in [-0.1, -0.05) is 0 Å². The van der Waals surface area contributed by atoms with E-state index in [9.17, 15) is 4.79 Å². The van der Waals surface area contributed by atoms with E-state index in [0.29, 0.717) is 18.1 Å². The quantitative estimate of drug-likeness (QED) is 0.854. The van der Waals surface area contributed by atoms with Gasteiger partial charge in [-0.25, -0.2) is 9.78 Å². The Labute approximate surface area is 133 Å². The number of carbonyl (C=O) groups is 1. The van der Waals surface area contributed by atoms with Gasteiger partial charge in [0.2, 0.25) is 5.95 Å². The first-order chi connectivity index (χ1) is 10.9. The summed E-state index contributed by atoms with van der Waals surface area (Å²) in [4.78, 5) is 22.9. The predicted octanol–water partition coefficient (Wildman–Crippen LogP) is 0.648. The van der Waals surface area contributed by atoms with E-state index in [-0.39, 0.29) is 12.0 Å². The molecular formula is C14H19N7O2. The van der Waals surface area contributed by atoms with Crippen molar-refractivity contribution in [2.75, 3.05) is 30.8 Å². The van der Waals surface area contributed by atoms with Crippen LogP contribution in [0, 0.1) is 0 Å². The van der Waals surface area contributed by atoms with E-state index >= 15 is 0 Å². The number of nitrogen functional groups attached to an aromatic ring is 1. The molecule has 1 atom stereocenters. The highest BCUT2D eigenvalue weighted by Crippen LogP contribution is 2.25. The largest absolute Gasteiger partial charge is 0.465 e. The molecule has 9 heteroatoms. The first-order valence-corrected chi connectivity index (χ1v) is 7.29. The fourth-order valence-electron chi connectivity index (χ4n) is 2.72. The highest BCUT2D eigenvalue weighted by Gasteiger charge is 2.29. The third kappa shape index (κ3) is 3.03. The van der Waals surface area contributed by atoms with Crippen LogP contribution in [0.5, 0.6) is 0 Å². The second-order valence-corrected chi connectivity index (χ2v) is 5.63. The van der Waals surface area contributed by atoms with E-state index in [2.05, 4.69) is 15.1 Å². The highest BCUT2D eigenvalue weighted by molar-refractivity contribution is 5.65. The second-order valence-electron chi connectivity index (χ2n) is 5.63. The van der Waals surface area contributed by atoms with Crippen molar-refractivity contribution >= 4 is 17.9 Å². The molecule has 3 rings (SSSR count). The van der Waals surface area contributed by atoms with Gasteiger partial charge in [0.1, 0.15) is 11.5 Å². The lowest BCUT2D eigenvalue weighted by atomic mass is 10.2. The average molecular weight is 317 g/mol. The van der Waals surface area contributed by atoms with E-state index < -0.39 is 6.09 Å². The number of hydrogen-bond acceptors (Lipinski definition) is 6. The van der Waals surface area contributed by atoms with Gasteiger partial charge in [-0.3, -0.25) is 4.68 Å². The van der Waals surface area contributed by atoms with Gasteiger partial charge in [0.05, 0.1) is 11.7 Å². The lowest BCUT2D eigenvalue weighted by Gasteiger charge is -2.22. The highest BCUT2D eigenvalue weighted by atomic mass is 16.4. The van der Waals surface area contributed by atoms with Crippen LogP contribution in [-0.4, -0.2) is 62.0 Å². The zero-order valence-electron chi connectivity index (χ0n) is 13.0. The summed E-state index contributed by atoms with van der Waals surface area (Å²) in [5.41, 5.74) is 7.20. The Morgan fingerprint density at radius 1 is 1.43 bits per heavy atom. The number of nitrogens with two attached hydrogens (primary N) is 1. The Morgan fingerprint density at radius 2 is 2.22 bits per heavy atom. The van der Waals surface area contributed by atoms with Crippen molar-refractivity contribution < 1.29 is 9.90 Å². The molecule has 0 aromatic carbocycles. The molecular weight excluding hydrogens is 298 g/mol. The van der Waals surface area contributed by atoms with Crippen LogP contribution in [-0.2, 0) is 7.05 Å². The zero-order chi connectivity index (χ0) is 16.6. The zero-order valence-corrected chi connectivity index (χ0v) is 13.0. The first-order valence-electron chi connectivity index (χ1n) is 7.29. The minimum atomic E-state index is -0.923. The molecule has 9 nitrogen and oxygen atoms in total. The van der Waals surface area contributed by atoms with Crippen molar-refractivity contribution in [3.63, 3.8) is 0 Å². The second kappa shape index (κ2) is 5.75. The summed E-state index contributed by atoms with van der Waals surface area (Å²) in [5.74, 6) is 0.873. The van der Waals surface area contributed by atoms with Gasteiger partial charge in [0.25, 0.3) is 0 Å². The van der Waals surface area contributed by atoms with E-state index in [1.54, 1.807) is 11.7 Å². The summed E-state index contributed by atoms with van der Waals surface area (Å²) >= 11 is 0. The van der Waals surface area contributed by atoms with Gasteiger partial charge in [-0.15, -0.1) is 0 Å². The summed E-state index contributed by atoms with van der Waals surface area (Å²) in [5, 5.41) is 13.4. The maximum absolute atomic E-state index is 11.1. The van der Waals surface area contributed by atoms with Gasteiger partial charge >= 0.3 is 6.09 Å². The normalized spacial score (nSPS) is 17.5. The van der Waals surface area contributed by atoms with Gasteiger partial charge in [0.15, 0.2) is 0 Å². The standard InChI is InChI=1S/C14H19N7O2/c1-19-5-4-10(18-19)11-7-12(17-13(15)16-11)21-6-3-9(8-21)20(2)14(22)23/h4-5,7,9H,3,6,8H2,1-2H3,(H,22,23)(H2,15,16,17). The number of hydrogen-bond donors (Lipinski definition) is 2. The van der Waals surface area contributed by atoms with Crippen LogP contribution in [0.15, 0.2) is 18.3 Å². The SMILES string of the molecule is CN(C(=O)O)C1CCN(c2cc(-c3ccn(C)n3)nc(N)n2)C1. The van der Waals surface area contributed by atoms with Gasteiger partial charge in [-0.2, -0.15) is 10.1 Å². The van der Waals surface area contributed by atoms with E-state index in [1.807, 2.05) is 30.3 Å². The van der Waals surface area contributed by atoms with Crippen LogP contribution in [0.25, 0.3) is 11.4 Å². The number of nitrogens with zero attached hydrogens (tertiary/aromatic N) is 6. The molecule has 1 saturated heterocycles. The molecule has 0 bridgehead atoms. The molecule has 1 aliphatic rings. The summed E-state index contributed by atoms with van der Waals surface area (Å²) in [6.45, 7) is 1.31. The van der Waals surface area contributed by atoms with Crippen LogP contribution in [0.1, 0.15) is 6.42 Å². The number of anilines is 2. The lowest BCUT2D eigenvalue weighted by Crippen LogP contribution is -2.38. The van der Waals surface area contributed by atoms with Crippen LogP contribution < -0.4 is 10.6 Å². The van der Waals surface area contributed by atoms with E-state index in [4.69, 9.17) is 10.8 Å². The Kier molecular flexibility index (Phi) is 3.77. The summed E-state index contributed by atoms with van der Waals surface area (Å²) < 4.78 is 1.70. The van der Waals surface area contributed by atoms with Gasteiger partial charge in [-0.05, 0) is 12.5 Å². The van der Waals surface area contributed by atoms with Crippen LogP contribution in [0.4, 0.5) is 16.6 Å². The molecule has 1 unspecified atom stereocenters. The van der Waals surface area contributed by atoms with Crippen molar-refractivity contribution in [3.8, 4) is 11.4 Å². The number of likely N-dealkylation sites (N-methyl/N-ethyl adjacent to an activating group) is 1. The fraction of sp³-hybridized carbons (Fsp3) is 0.429. The first kappa shape index (κ1) is 15.1. The molecule has 3 N–H and O–H groups in total. The summed E-state index contributed by atoms with van der Waals surface area (Å²) in [7, 11) is 3.42. The van der Waals surface area contributed by atoms with Crippen molar-refractivity contribution in [2.45, 2.75) is 12.5 Å². The molecule has 0 spiro atoms. The molecule has 1 amide bonds. The number of aromatic nitrogens is 4. The van der Waals surface area contributed by atoms with Gasteiger partial charge < -0.3 is 20.6 Å². The minimum absolute atomic E-state index is 0.0537. The van der Waals surface area contributed by atoms with Crippen LogP contribution >= 0.6 is 0 Å². The van der Waals surface area contributed by atoms with Crippen LogP contribution in [0.2, 0.25) is 0 Å². The molecule has 0 radical (unpaired) electrons. The maximum Gasteiger partial charge on any atom is 0.407 e. The van der Waals surface area contributed by atoms with Crippen molar-refractivity contribution in [3.05, 3.63) is 18.3 Å². The third-order valence-corrected chi connectivity index (χ3v) is 4.04. The molecule has 2 aromatic heterocycles. The smallest absolute Gasteiger partial charge is 0.407 e. The van der Waals surface area contributed by atoms with Gasteiger partial charge in [0, 0.05) is 39.4 Å². The van der Waals surface area contributed by atoms with Crippen molar-refractivity contribution in [2.24, 2.45) is 7.05 Å². The Hall–Kier alpha value is -2.84. The Bertz CT molecular complexity index is 730. The molecule has 0 aliphatic carbocycles. The molecule has 3 heterocycles. The molecule has 1 aliphatic heterocycles. The minimum Gasteiger partial charge on any atom is -0.465 e. The molecule has 0 saturated carbocycles. The summed E-state index contributed by atoms with van der Waals surface area (Å²) in [6, 6.07) is 3.64. The third-order valence-electron chi connectivity index (χ3n) is 4.04. The Balaban J connectivity index is 1.84. The number of rotatable bonds is 3. The lowest BCUT2D eigenvalue weighted by molar-refractivity contribution is 0.142. The molecule has 122 valence electrons. The number of carboxylic acid groups (broad SMARTS) is 1. The van der Waals surface area contributed by atoms with E-state index in [0.717, 1.165) is 18.7 Å². The van der Waals surface area contributed by atoms with Crippen molar-refractivity contribution in [1.82, 2.24) is 24.6 Å². The number of amides is 1.